The van der Waals surface area contributed by atoms with E-state index in [2.05, 4.69) is 0 Å². The topological polar surface area (TPSA) is 74.8 Å². The van der Waals surface area contributed by atoms with Crippen molar-refractivity contribution in [1.82, 2.24) is 4.90 Å². The van der Waals surface area contributed by atoms with Crippen molar-refractivity contribution >= 4 is 38.7 Å². The lowest BCUT2D eigenvalue weighted by Crippen LogP contribution is -2.39. The fourth-order valence-corrected chi connectivity index (χ4v) is 6.95. The van der Waals surface area contributed by atoms with E-state index in [0.717, 1.165) is 10.6 Å². The van der Waals surface area contributed by atoms with E-state index in [0.29, 0.717) is 19.5 Å². The molecule has 28 heavy (non-hydrogen) atoms. The third-order valence-electron chi connectivity index (χ3n) is 5.45. The van der Waals surface area contributed by atoms with Crippen molar-refractivity contribution < 1.29 is 18.0 Å². The molecule has 2 aliphatic rings. The van der Waals surface area contributed by atoms with E-state index in [4.69, 9.17) is 0 Å². The lowest BCUT2D eigenvalue weighted by atomic mass is 10.1. The van der Waals surface area contributed by atoms with Crippen molar-refractivity contribution in [3.05, 3.63) is 52.7 Å². The maximum absolute atomic E-state index is 13.0. The number of amides is 2. The van der Waals surface area contributed by atoms with E-state index >= 15 is 0 Å². The molecule has 0 saturated carbocycles. The number of anilines is 1. The van der Waals surface area contributed by atoms with Crippen LogP contribution in [0.2, 0.25) is 0 Å². The van der Waals surface area contributed by atoms with Crippen LogP contribution in [0.4, 0.5) is 5.69 Å². The van der Waals surface area contributed by atoms with Crippen molar-refractivity contribution in [2.24, 2.45) is 5.92 Å². The molecule has 2 fully saturated rings. The molecule has 2 amide bonds. The van der Waals surface area contributed by atoms with Gasteiger partial charge in [-0.05, 0) is 30.0 Å². The first-order valence-corrected chi connectivity index (χ1v) is 11.9. The minimum atomic E-state index is -3.30. The van der Waals surface area contributed by atoms with Gasteiger partial charge in [0.05, 0.1) is 16.9 Å². The maximum Gasteiger partial charge on any atom is 0.228 e. The van der Waals surface area contributed by atoms with Crippen molar-refractivity contribution in [2.45, 2.75) is 18.1 Å². The zero-order valence-corrected chi connectivity index (χ0v) is 17.0. The van der Waals surface area contributed by atoms with Gasteiger partial charge in [-0.2, -0.15) is 0 Å². The molecule has 4 rings (SSSR count). The number of carbonyl (C=O) groups is 2. The summed E-state index contributed by atoms with van der Waals surface area (Å²) in [5, 5.41) is 1.33. The Morgan fingerprint density at radius 3 is 2.57 bits per heavy atom. The number of thiophene rings is 1. The highest BCUT2D eigenvalue weighted by Crippen LogP contribution is 2.33. The average Bonchev–Trinajstić information content (AvgIpc) is 3.31. The molecule has 0 N–H and O–H groups in total. The molecule has 148 valence electrons. The van der Waals surface area contributed by atoms with E-state index in [1.165, 1.54) is 11.3 Å². The summed E-state index contributed by atoms with van der Waals surface area (Å²) < 4.78 is 25.4. The lowest BCUT2D eigenvalue weighted by Gasteiger charge is -2.23. The Balaban J connectivity index is 1.46. The summed E-state index contributed by atoms with van der Waals surface area (Å²) in [5.41, 5.74) is 0.791. The molecule has 2 aromatic rings. The first-order valence-electron chi connectivity index (χ1n) is 9.35. The molecule has 0 radical (unpaired) electrons. The monoisotopic (exact) mass is 418 g/mol. The molecule has 1 aromatic carbocycles. The number of rotatable bonds is 3. The Kier molecular flexibility index (Phi) is 5.25. The first kappa shape index (κ1) is 19.1. The fraction of sp³-hybridized carbons (Fsp3) is 0.400. The zero-order valence-electron chi connectivity index (χ0n) is 15.4. The van der Waals surface area contributed by atoms with Gasteiger partial charge in [0.15, 0.2) is 9.84 Å². The van der Waals surface area contributed by atoms with Gasteiger partial charge in [-0.15, -0.1) is 11.3 Å². The second-order valence-electron chi connectivity index (χ2n) is 7.23. The van der Waals surface area contributed by atoms with Crippen molar-refractivity contribution in [2.75, 3.05) is 30.3 Å². The van der Waals surface area contributed by atoms with Crippen molar-refractivity contribution in [1.29, 1.82) is 0 Å². The van der Waals surface area contributed by atoms with Gasteiger partial charge in [0.2, 0.25) is 11.8 Å². The van der Waals surface area contributed by atoms with Gasteiger partial charge in [0.25, 0.3) is 0 Å². The molecule has 0 aliphatic carbocycles. The largest absolute Gasteiger partial charge is 0.341 e. The molecule has 2 atom stereocenters. The van der Waals surface area contributed by atoms with Crippen molar-refractivity contribution in [3.8, 4) is 0 Å². The van der Waals surface area contributed by atoms with Crippen LogP contribution in [0.1, 0.15) is 23.0 Å². The molecular formula is C20H22N2O4S2. The van der Waals surface area contributed by atoms with E-state index in [-0.39, 0.29) is 30.5 Å². The fourth-order valence-electron chi connectivity index (χ4n) is 3.95. The summed E-state index contributed by atoms with van der Waals surface area (Å²) >= 11 is 1.44. The number of carbonyl (C=O) groups excluding carboxylic acids is 2. The van der Waals surface area contributed by atoms with Gasteiger partial charge >= 0.3 is 0 Å². The predicted molar refractivity (Wildman–Crippen MR) is 109 cm³/mol. The summed E-state index contributed by atoms with van der Waals surface area (Å²) in [6, 6.07) is 13.0. The Hall–Kier alpha value is -2.19. The number of benzene rings is 1. The number of hydrogen-bond donors (Lipinski definition) is 0. The van der Waals surface area contributed by atoms with Crippen LogP contribution >= 0.6 is 11.3 Å². The minimum absolute atomic E-state index is 0.0373. The Morgan fingerprint density at radius 1 is 1.07 bits per heavy atom. The molecule has 2 aliphatic heterocycles. The molecule has 8 heteroatoms. The lowest BCUT2D eigenvalue weighted by molar-refractivity contribution is -0.135. The number of sulfone groups is 1. The smallest absolute Gasteiger partial charge is 0.228 e. The summed E-state index contributed by atoms with van der Waals surface area (Å²) in [7, 11) is -3.30. The van der Waals surface area contributed by atoms with Gasteiger partial charge in [0, 0.05) is 36.6 Å². The van der Waals surface area contributed by atoms with Crippen LogP contribution in [-0.4, -0.2) is 50.5 Å². The SMILES string of the molecule is O=C(C1CC(=O)N(c2ccccc2)C1)N1CCC(c2cccs2)S(=O)(=O)CC1. The van der Waals surface area contributed by atoms with E-state index in [1.54, 1.807) is 9.80 Å². The Morgan fingerprint density at radius 2 is 1.86 bits per heavy atom. The van der Waals surface area contributed by atoms with Crippen LogP contribution in [0.15, 0.2) is 47.8 Å². The van der Waals surface area contributed by atoms with Gasteiger partial charge in [-0.25, -0.2) is 8.42 Å². The quantitative estimate of drug-likeness (QED) is 0.768. The highest BCUT2D eigenvalue weighted by Gasteiger charge is 2.39. The van der Waals surface area contributed by atoms with Gasteiger partial charge in [-0.3, -0.25) is 9.59 Å². The highest BCUT2D eigenvalue weighted by molar-refractivity contribution is 7.91. The van der Waals surface area contributed by atoms with Crippen LogP contribution in [0.3, 0.4) is 0 Å². The Labute approximate surface area is 168 Å². The molecular weight excluding hydrogens is 396 g/mol. The summed E-state index contributed by atoms with van der Waals surface area (Å²) in [6.45, 7) is 0.939. The molecule has 1 aromatic heterocycles. The summed E-state index contributed by atoms with van der Waals surface area (Å²) in [6.07, 6.45) is 0.572. The summed E-state index contributed by atoms with van der Waals surface area (Å²) in [4.78, 5) is 29.6. The molecule has 2 unspecified atom stereocenters. The van der Waals surface area contributed by atoms with E-state index < -0.39 is 21.0 Å². The van der Waals surface area contributed by atoms with E-state index in [9.17, 15) is 18.0 Å². The van der Waals surface area contributed by atoms with Gasteiger partial charge in [-0.1, -0.05) is 24.3 Å². The average molecular weight is 419 g/mol. The first-order chi connectivity index (χ1) is 13.5. The van der Waals surface area contributed by atoms with Crippen LogP contribution in [0.5, 0.6) is 0 Å². The van der Waals surface area contributed by atoms with E-state index in [1.807, 2.05) is 47.8 Å². The molecule has 0 spiro atoms. The highest BCUT2D eigenvalue weighted by atomic mass is 32.2. The number of nitrogens with zero attached hydrogens (tertiary/aromatic N) is 2. The van der Waals surface area contributed by atoms with Crippen LogP contribution < -0.4 is 4.90 Å². The second-order valence-corrected chi connectivity index (χ2v) is 10.5. The number of hydrogen-bond acceptors (Lipinski definition) is 5. The van der Waals surface area contributed by atoms with Crippen LogP contribution in [-0.2, 0) is 19.4 Å². The molecule has 3 heterocycles. The normalized spacial score (nSPS) is 24.9. The minimum Gasteiger partial charge on any atom is -0.341 e. The molecule has 6 nitrogen and oxygen atoms in total. The molecule has 2 saturated heterocycles. The maximum atomic E-state index is 13.0. The Bertz CT molecular complexity index is 957. The van der Waals surface area contributed by atoms with Gasteiger partial charge in [0.1, 0.15) is 0 Å². The molecule has 0 bridgehead atoms. The third-order valence-corrected chi connectivity index (χ3v) is 8.70. The van der Waals surface area contributed by atoms with Crippen LogP contribution in [0, 0.1) is 5.92 Å². The number of para-hydroxylation sites is 1. The second kappa shape index (κ2) is 7.67. The summed E-state index contributed by atoms with van der Waals surface area (Å²) in [5.74, 6) is -0.643. The third kappa shape index (κ3) is 3.71. The van der Waals surface area contributed by atoms with Crippen molar-refractivity contribution in [3.63, 3.8) is 0 Å². The zero-order chi connectivity index (χ0) is 19.7. The predicted octanol–water partition coefficient (Wildman–Crippen LogP) is 2.49. The van der Waals surface area contributed by atoms with Crippen LogP contribution in [0.25, 0.3) is 0 Å². The van der Waals surface area contributed by atoms with Gasteiger partial charge < -0.3 is 9.80 Å². The standard InChI is InChI=1S/C20H22N2O4S2/c23-19-13-15(14-22(19)16-5-2-1-3-6-16)20(24)21-9-8-18(17-7-4-11-27-17)28(25,26)12-10-21/h1-7,11,15,18H,8-10,12-14H2.